The summed E-state index contributed by atoms with van der Waals surface area (Å²) in [7, 11) is -5.34. The molecule has 3 nitrogen and oxygen atoms in total. The van der Waals surface area contributed by atoms with Crippen LogP contribution in [-0.2, 0) is 10.0 Å². The monoisotopic (exact) mass is 179 g/mol. The molecule has 0 spiro atoms. The molecule has 0 rings (SSSR count). The van der Waals surface area contributed by atoms with Crippen LogP contribution in [0.1, 0.15) is 0 Å². The topological polar surface area (TPSA) is 60.2 Å². The Kier molecular flexibility index (Phi) is 3.83. The molecular formula is CH5AlF3NO2S. The zero-order valence-electron chi connectivity index (χ0n) is 3.44. The highest BCUT2D eigenvalue weighted by Crippen LogP contribution is 2.18. The van der Waals surface area contributed by atoms with Crippen LogP contribution in [0.5, 0.6) is 0 Å². The Bertz CT molecular complexity index is 171. The number of alkyl halides is 3. The van der Waals surface area contributed by atoms with Gasteiger partial charge in [0.05, 0.1) is 0 Å². The molecule has 0 heterocycles. The van der Waals surface area contributed by atoms with E-state index in [9.17, 15) is 21.6 Å². The van der Waals surface area contributed by atoms with Gasteiger partial charge in [-0.3, -0.25) is 0 Å². The van der Waals surface area contributed by atoms with Crippen molar-refractivity contribution in [3.63, 3.8) is 0 Å². The molecule has 0 unspecified atom stereocenters. The van der Waals surface area contributed by atoms with Gasteiger partial charge in [-0.2, -0.15) is 13.2 Å². The lowest BCUT2D eigenvalue weighted by molar-refractivity contribution is -0.0436. The van der Waals surface area contributed by atoms with E-state index in [0.717, 1.165) is 0 Å². The average Bonchev–Trinajstić information content (AvgIpc) is 1.25. The first-order chi connectivity index (χ1) is 3.25. The van der Waals surface area contributed by atoms with Gasteiger partial charge in [-0.25, -0.2) is 13.6 Å². The quantitative estimate of drug-likeness (QED) is 0.465. The van der Waals surface area contributed by atoms with Crippen LogP contribution in [0.15, 0.2) is 0 Å². The summed E-state index contributed by atoms with van der Waals surface area (Å²) in [6.45, 7) is 0. The standard InChI is InChI=1S/CH2F3NO2S.Al.3H/c2-1(3,4)8(5,6)7;;;;/h(H2,5,6,7);;;;. The first-order valence-electron chi connectivity index (χ1n) is 1.34. The Hall–Kier alpha value is 0.232. The van der Waals surface area contributed by atoms with Gasteiger partial charge < -0.3 is 0 Å². The molecule has 0 bridgehead atoms. The van der Waals surface area contributed by atoms with Crippen molar-refractivity contribution in [1.82, 2.24) is 0 Å². The summed E-state index contributed by atoms with van der Waals surface area (Å²) in [5.41, 5.74) is -5.31. The van der Waals surface area contributed by atoms with E-state index >= 15 is 0 Å². The van der Waals surface area contributed by atoms with E-state index in [1.54, 1.807) is 0 Å². The molecule has 0 aromatic heterocycles. The van der Waals surface area contributed by atoms with Crippen LogP contribution in [0.3, 0.4) is 0 Å². The maximum Gasteiger partial charge on any atom is 0.511 e. The van der Waals surface area contributed by atoms with E-state index in [2.05, 4.69) is 5.14 Å². The smallest absolute Gasteiger partial charge is 0.221 e. The largest absolute Gasteiger partial charge is 0.511 e. The molecule has 0 atom stereocenters. The molecule has 8 heteroatoms. The summed E-state index contributed by atoms with van der Waals surface area (Å²) in [6.07, 6.45) is 0. The number of rotatable bonds is 0. The zero-order valence-corrected chi connectivity index (χ0v) is 4.25. The van der Waals surface area contributed by atoms with Gasteiger partial charge in [-0.15, -0.1) is 0 Å². The third-order valence-electron chi connectivity index (χ3n) is 0.323. The molecule has 0 aromatic carbocycles. The van der Waals surface area contributed by atoms with Crippen molar-refractivity contribution in [2.75, 3.05) is 0 Å². The predicted molar refractivity (Wildman–Crippen MR) is 29.1 cm³/mol. The van der Waals surface area contributed by atoms with Crippen molar-refractivity contribution in [1.29, 1.82) is 0 Å². The van der Waals surface area contributed by atoms with Crippen LogP contribution in [0.4, 0.5) is 13.2 Å². The van der Waals surface area contributed by atoms with Crippen molar-refractivity contribution >= 4 is 27.4 Å². The number of sulfonamides is 1. The molecule has 0 aliphatic heterocycles. The molecule has 0 saturated heterocycles. The lowest BCUT2D eigenvalue weighted by Crippen LogP contribution is -2.30. The highest BCUT2D eigenvalue weighted by atomic mass is 32.2. The van der Waals surface area contributed by atoms with Crippen molar-refractivity contribution in [3.05, 3.63) is 0 Å². The van der Waals surface area contributed by atoms with Crippen molar-refractivity contribution in [3.8, 4) is 0 Å². The molecule has 56 valence electrons. The molecule has 2 N–H and O–H groups in total. The Balaban J connectivity index is 0. The minimum atomic E-state index is -5.34. The van der Waals surface area contributed by atoms with Crippen LogP contribution in [0.2, 0.25) is 0 Å². The second-order valence-corrected chi connectivity index (χ2v) is 2.54. The normalized spacial score (nSPS) is 12.4. The number of hydrogen-bond donors (Lipinski definition) is 1. The highest BCUT2D eigenvalue weighted by Gasteiger charge is 2.42. The Morgan fingerprint density at radius 2 is 1.33 bits per heavy atom. The van der Waals surface area contributed by atoms with E-state index in [1.807, 2.05) is 0 Å². The minimum Gasteiger partial charge on any atom is -0.221 e. The Morgan fingerprint density at radius 1 is 1.22 bits per heavy atom. The second-order valence-electron chi connectivity index (χ2n) is 0.991. The summed E-state index contributed by atoms with van der Waals surface area (Å²) < 4.78 is 51.2. The summed E-state index contributed by atoms with van der Waals surface area (Å²) in [6, 6.07) is 0. The third kappa shape index (κ3) is 3.75. The van der Waals surface area contributed by atoms with E-state index in [4.69, 9.17) is 0 Å². The van der Waals surface area contributed by atoms with Gasteiger partial charge in [0, 0.05) is 0 Å². The summed E-state index contributed by atoms with van der Waals surface area (Å²) in [5, 5.41) is 3.66. The van der Waals surface area contributed by atoms with Crippen molar-refractivity contribution < 1.29 is 21.6 Å². The predicted octanol–water partition coefficient (Wildman–Crippen LogP) is -1.39. The van der Waals surface area contributed by atoms with Gasteiger partial charge >= 0.3 is 15.5 Å². The number of nitrogens with two attached hydrogens (primary N) is 1. The Labute approximate surface area is 60.2 Å². The summed E-state index contributed by atoms with van der Waals surface area (Å²) in [4.78, 5) is 0. The Morgan fingerprint density at radius 3 is 1.33 bits per heavy atom. The van der Waals surface area contributed by atoms with Crippen LogP contribution in [-0.4, -0.2) is 31.3 Å². The fourth-order valence-corrected chi connectivity index (χ4v) is 0. The first kappa shape index (κ1) is 12.0. The van der Waals surface area contributed by atoms with E-state index in [-0.39, 0.29) is 17.4 Å². The fourth-order valence-electron chi connectivity index (χ4n) is 0. The molecule has 9 heavy (non-hydrogen) atoms. The van der Waals surface area contributed by atoms with E-state index in [1.165, 1.54) is 0 Å². The lowest BCUT2D eigenvalue weighted by atomic mass is 11.6. The van der Waals surface area contributed by atoms with Crippen molar-refractivity contribution in [2.24, 2.45) is 5.14 Å². The SMILES string of the molecule is NS(=O)(=O)C(F)(F)F.[AlH3]. The van der Waals surface area contributed by atoms with Gasteiger partial charge in [-0.05, 0) is 0 Å². The minimum absolute atomic E-state index is 0. The van der Waals surface area contributed by atoms with Crippen LogP contribution >= 0.6 is 0 Å². The summed E-state index contributed by atoms with van der Waals surface area (Å²) >= 11 is 0. The maximum atomic E-state index is 10.8. The fraction of sp³-hybridized carbons (Fsp3) is 1.00. The molecular weight excluding hydrogens is 174 g/mol. The summed E-state index contributed by atoms with van der Waals surface area (Å²) in [5.74, 6) is 0. The maximum absolute atomic E-state index is 10.8. The molecule has 0 fully saturated rings. The third-order valence-corrected chi connectivity index (χ3v) is 0.968. The average molecular weight is 179 g/mol. The number of primary sulfonamides is 1. The molecule has 0 aliphatic rings. The van der Waals surface area contributed by atoms with Gasteiger partial charge in [0.1, 0.15) is 0 Å². The second kappa shape index (κ2) is 2.88. The zero-order chi connectivity index (χ0) is 7.00. The van der Waals surface area contributed by atoms with E-state index in [0.29, 0.717) is 0 Å². The lowest BCUT2D eigenvalue weighted by Gasteiger charge is -1.98. The van der Waals surface area contributed by atoms with Gasteiger partial charge in [0.15, 0.2) is 17.4 Å². The molecule has 0 saturated carbocycles. The molecule has 0 radical (unpaired) electrons. The van der Waals surface area contributed by atoms with Gasteiger partial charge in [-0.1, -0.05) is 0 Å². The van der Waals surface area contributed by atoms with E-state index < -0.39 is 15.5 Å². The van der Waals surface area contributed by atoms with Crippen LogP contribution in [0.25, 0.3) is 0 Å². The van der Waals surface area contributed by atoms with Gasteiger partial charge in [0.25, 0.3) is 0 Å². The molecule has 0 aliphatic carbocycles. The van der Waals surface area contributed by atoms with Crippen molar-refractivity contribution in [2.45, 2.75) is 5.51 Å². The first-order valence-corrected chi connectivity index (χ1v) is 2.89. The number of hydrogen-bond acceptors (Lipinski definition) is 2. The van der Waals surface area contributed by atoms with Crippen LogP contribution in [0, 0.1) is 0 Å². The van der Waals surface area contributed by atoms with Crippen LogP contribution < -0.4 is 5.14 Å². The number of halogens is 3. The molecule has 0 amide bonds. The van der Waals surface area contributed by atoms with Gasteiger partial charge in [0.2, 0.25) is 0 Å². The highest BCUT2D eigenvalue weighted by molar-refractivity contribution is 7.90. The molecule has 0 aromatic rings.